The molecule has 0 aliphatic heterocycles. The Morgan fingerprint density at radius 3 is 2.58 bits per heavy atom. The smallest absolute Gasteiger partial charge is 0.137 e. The molecule has 3 N–H and O–H groups in total. The third-order valence-electron chi connectivity index (χ3n) is 3.15. The Hall–Kier alpha value is -1.13. The zero-order valence-corrected chi connectivity index (χ0v) is 12.4. The number of hydrogen-bond acceptors (Lipinski definition) is 4. The fourth-order valence-corrected chi connectivity index (χ4v) is 1.84. The number of aromatic nitrogens is 1. The summed E-state index contributed by atoms with van der Waals surface area (Å²) in [6.45, 7) is 8.40. The molecule has 1 rings (SSSR count). The number of nitrogens with zero attached hydrogens (tertiary/aromatic N) is 1. The van der Waals surface area contributed by atoms with E-state index in [1.807, 2.05) is 12.1 Å². The molecule has 1 heterocycles. The molecular formula is C15H26N2O2. The summed E-state index contributed by atoms with van der Waals surface area (Å²) in [6.07, 6.45) is 4.00. The topological polar surface area (TPSA) is 68.4 Å². The van der Waals surface area contributed by atoms with Crippen LogP contribution in [0.3, 0.4) is 0 Å². The Balaban J connectivity index is 2.57. The van der Waals surface area contributed by atoms with E-state index in [-0.39, 0.29) is 0 Å². The molecule has 0 amide bonds. The zero-order valence-electron chi connectivity index (χ0n) is 12.4. The molecule has 1 aromatic heterocycles. The highest BCUT2D eigenvalue weighted by atomic mass is 16.5. The third-order valence-corrected chi connectivity index (χ3v) is 3.15. The van der Waals surface area contributed by atoms with Crippen LogP contribution in [0.1, 0.15) is 52.3 Å². The first-order chi connectivity index (χ1) is 8.84. The number of ether oxygens (including phenoxy) is 1. The highest BCUT2D eigenvalue weighted by molar-refractivity contribution is 5.22. The standard InChI is InChI=1S/C15H26N2O2/c1-5-6-11(2)10-19-12-7-8-13(17-9-12)14(16)15(3,4)18/h7-9,11,14,18H,5-6,10,16H2,1-4H3. The lowest BCUT2D eigenvalue weighted by molar-refractivity contribution is 0.0503. The van der Waals surface area contributed by atoms with E-state index < -0.39 is 11.6 Å². The van der Waals surface area contributed by atoms with Crippen LogP contribution >= 0.6 is 0 Å². The van der Waals surface area contributed by atoms with Gasteiger partial charge in [0.25, 0.3) is 0 Å². The lowest BCUT2D eigenvalue weighted by Crippen LogP contribution is -2.35. The van der Waals surface area contributed by atoms with Crippen molar-refractivity contribution in [2.75, 3.05) is 6.61 Å². The van der Waals surface area contributed by atoms with Gasteiger partial charge < -0.3 is 15.6 Å². The summed E-state index contributed by atoms with van der Waals surface area (Å²) in [5.41, 5.74) is 5.62. The van der Waals surface area contributed by atoms with Crippen molar-refractivity contribution < 1.29 is 9.84 Å². The molecule has 0 aliphatic carbocycles. The molecule has 4 heteroatoms. The Morgan fingerprint density at radius 1 is 1.42 bits per heavy atom. The van der Waals surface area contributed by atoms with Crippen molar-refractivity contribution in [1.29, 1.82) is 0 Å². The zero-order chi connectivity index (χ0) is 14.5. The highest BCUT2D eigenvalue weighted by Gasteiger charge is 2.25. The van der Waals surface area contributed by atoms with Crippen LogP contribution < -0.4 is 10.5 Å². The second-order valence-electron chi connectivity index (χ2n) is 5.75. The molecule has 0 radical (unpaired) electrons. The van der Waals surface area contributed by atoms with Crippen molar-refractivity contribution in [3.05, 3.63) is 24.0 Å². The van der Waals surface area contributed by atoms with Gasteiger partial charge in [0.15, 0.2) is 0 Å². The van der Waals surface area contributed by atoms with Crippen molar-refractivity contribution in [2.45, 2.75) is 52.2 Å². The summed E-state index contributed by atoms with van der Waals surface area (Å²) in [4.78, 5) is 4.26. The predicted octanol–water partition coefficient (Wildman–Crippen LogP) is 2.67. The van der Waals surface area contributed by atoms with E-state index >= 15 is 0 Å². The van der Waals surface area contributed by atoms with Crippen LogP contribution in [0.15, 0.2) is 18.3 Å². The maximum absolute atomic E-state index is 9.85. The minimum Gasteiger partial charge on any atom is -0.492 e. The van der Waals surface area contributed by atoms with Gasteiger partial charge in [0.05, 0.1) is 30.1 Å². The second kappa shape index (κ2) is 6.87. The highest BCUT2D eigenvalue weighted by Crippen LogP contribution is 2.22. The molecule has 0 spiro atoms. The largest absolute Gasteiger partial charge is 0.492 e. The number of hydrogen-bond donors (Lipinski definition) is 2. The molecule has 0 fully saturated rings. The normalized spacial score (nSPS) is 15.1. The minimum atomic E-state index is -0.981. The van der Waals surface area contributed by atoms with Crippen molar-refractivity contribution in [1.82, 2.24) is 4.98 Å². The first kappa shape index (κ1) is 15.9. The summed E-state index contributed by atoms with van der Waals surface area (Å²) >= 11 is 0. The van der Waals surface area contributed by atoms with Crippen LogP contribution in [-0.2, 0) is 0 Å². The monoisotopic (exact) mass is 266 g/mol. The Bertz CT molecular complexity index is 371. The van der Waals surface area contributed by atoms with Gasteiger partial charge in [0.2, 0.25) is 0 Å². The number of aliphatic hydroxyl groups is 1. The fourth-order valence-electron chi connectivity index (χ4n) is 1.84. The molecule has 0 saturated carbocycles. The molecule has 1 aromatic rings. The van der Waals surface area contributed by atoms with Gasteiger partial charge >= 0.3 is 0 Å². The fraction of sp³-hybridized carbons (Fsp3) is 0.667. The van der Waals surface area contributed by atoms with E-state index in [4.69, 9.17) is 10.5 Å². The summed E-state index contributed by atoms with van der Waals surface area (Å²) in [5, 5.41) is 9.85. The minimum absolute atomic E-state index is 0.499. The lowest BCUT2D eigenvalue weighted by atomic mass is 9.96. The van der Waals surface area contributed by atoms with Crippen LogP contribution in [0.2, 0.25) is 0 Å². The van der Waals surface area contributed by atoms with Crippen LogP contribution in [0.25, 0.3) is 0 Å². The predicted molar refractivity (Wildman–Crippen MR) is 77.0 cm³/mol. The Labute approximate surface area is 116 Å². The van der Waals surface area contributed by atoms with E-state index in [0.29, 0.717) is 18.2 Å². The molecule has 0 saturated heterocycles. The van der Waals surface area contributed by atoms with Crippen LogP contribution in [0.5, 0.6) is 5.75 Å². The van der Waals surface area contributed by atoms with Crippen LogP contribution in [0, 0.1) is 5.92 Å². The van der Waals surface area contributed by atoms with Gasteiger partial charge in [0.1, 0.15) is 5.75 Å². The number of nitrogens with two attached hydrogens (primary N) is 1. The van der Waals surface area contributed by atoms with E-state index in [1.54, 1.807) is 20.0 Å². The molecular weight excluding hydrogens is 240 g/mol. The maximum atomic E-state index is 9.85. The van der Waals surface area contributed by atoms with Gasteiger partial charge in [-0.25, -0.2) is 0 Å². The quantitative estimate of drug-likeness (QED) is 0.796. The van der Waals surface area contributed by atoms with Gasteiger partial charge in [-0.05, 0) is 38.3 Å². The van der Waals surface area contributed by atoms with Crippen molar-refractivity contribution in [3.8, 4) is 5.75 Å². The molecule has 2 unspecified atom stereocenters. The molecule has 4 nitrogen and oxygen atoms in total. The summed E-state index contributed by atoms with van der Waals surface area (Å²) in [6, 6.07) is 3.16. The van der Waals surface area contributed by atoms with E-state index in [1.165, 1.54) is 6.42 Å². The van der Waals surface area contributed by atoms with Crippen molar-refractivity contribution >= 4 is 0 Å². The maximum Gasteiger partial charge on any atom is 0.137 e. The summed E-state index contributed by atoms with van der Waals surface area (Å²) < 4.78 is 5.67. The average Bonchev–Trinajstić information content (AvgIpc) is 2.35. The van der Waals surface area contributed by atoms with Gasteiger partial charge in [-0.3, -0.25) is 4.98 Å². The third kappa shape index (κ3) is 5.17. The first-order valence-corrected chi connectivity index (χ1v) is 6.91. The molecule has 0 aromatic carbocycles. The molecule has 19 heavy (non-hydrogen) atoms. The number of rotatable bonds is 7. The van der Waals surface area contributed by atoms with Crippen molar-refractivity contribution in [2.24, 2.45) is 11.7 Å². The molecule has 0 aliphatic rings. The average molecular weight is 266 g/mol. The molecule has 2 atom stereocenters. The van der Waals surface area contributed by atoms with E-state index in [9.17, 15) is 5.11 Å². The lowest BCUT2D eigenvalue weighted by Gasteiger charge is -2.25. The van der Waals surface area contributed by atoms with Crippen LogP contribution in [-0.4, -0.2) is 22.3 Å². The molecule has 108 valence electrons. The second-order valence-corrected chi connectivity index (χ2v) is 5.75. The van der Waals surface area contributed by atoms with E-state index in [0.717, 1.165) is 12.2 Å². The van der Waals surface area contributed by atoms with Crippen molar-refractivity contribution in [3.63, 3.8) is 0 Å². The summed E-state index contributed by atoms with van der Waals surface area (Å²) in [5.74, 6) is 1.29. The van der Waals surface area contributed by atoms with Gasteiger partial charge in [-0.1, -0.05) is 20.3 Å². The Morgan fingerprint density at radius 2 is 2.11 bits per heavy atom. The SMILES string of the molecule is CCCC(C)COc1ccc(C(N)C(C)(C)O)nc1. The number of pyridine rings is 1. The Kier molecular flexibility index (Phi) is 5.76. The van der Waals surface area contributed by atoms with Gasteiger partial charge in [-0.15, -0.1) is 0 Å². The van der Waals surface area contributed by atoms with Gasteiger partial charge in [-0.2, -0.15) is 0 Å². The summed E-state index contributed by atoms with van der Waals surface area (Å²) in [7, 11) is 0. The molecule has 0 bridgehead atoms. The van der Waals surface area contributed by atoms with Crippen LogP contribution in [0.4, 0.5) is 0 Å². The van der Waals surface area contributed by atoms with Gasteiger partial charge in [0, 0.05) is 0 Å². The van der Waals surface area contributed by atoms with E-state index in [2.05, 4.69) is 18.8 Å². The first-order valence-electron chi connectivity index (χ1n) is 6.91.